The van der Waals surface area contributed by atoms with Gasteiger partial charge in [0, 0.05) is 5.69 Å². The number of benzene rings is 1. The molecule has 0 spiro atoms. The molecule has 3 heteroatoms. The lowest BCUT2D eigenvalue weighted by Gasteiger charge is -2.04. The molecule has 1 aromatic rings. The molecule has 12 heavy (non-hydrogen) atoms. The highest BCUT2D eigenvalue weighted by Gasteiger charge is 1.91. The lowest BCUT2D eigenvalue weighted by Crippen LogP contribution is -2.16. The van der Waals surface area contributed by atoms with Gasteiger partial charge < -0.3 is 10.6 Å². The van der Waals surface area contributed by atoms with E-state index in [1.54, 1.807) is 6.07 Å². The third-order valence-electron chi connectivity index (χ3n) is 1.46. The molecule has 0 aliphatic heterocycles. The Hall–Kier alpha value is -1.53. The molecule has 0 radical (unpaired) electrons. The summed E-state index contributed by atoms with van der Waals surface area (Å²) in [6, 6.07) is 9.47. The van der Waals surface area contributed by atoms with Crippen LogP contribution in [0.5, 0.6) is 0 Å². The number of anilines is 1. The average Bonchev–Trinajstić information content (AvgIpc) is 2.15. The summed E-state index contributed by atoms with van der Waals surface area (Å²) < 4.78 is 0. The molecule has 1 aromatic carbocycles. The minimum Gasteiger partial charge on any atom is -0.372 e. The van der Waals surface area contributed by atoms with Gasteiger partial charge in [-0.2, -0.15) is 5.26 Å². The average molecular weight is 161 g/mol. The topological polar surface area (TPSA) is 47.8 Å². The molecule has 0 saturated heterocycles. The molecule has 0 heterocycles. The first-order valence-electron chi connectivity index (χ1n) is 3.75. The van der Waals surface area contributed by atoms with Gasteiger partial charge in [-0.3, -0.25) is 0 Å². The van der Waals surface area contributed by atoms with Crippen molar-refractivity contribution in [3.8, 4) is 6.07 Å². The zero-order valence-corrected chi connectivity index (χ0v) is 6.96. The fourth-order valence-electron chi connectivity index (χ4n) is 0.889. The minimum absolute atomic E-state index is 0.677. The highest BCUT2D eigenvalue weighted by Crippen LogP contribution is 2.08. The third-order valence-corrected chi connectivity index (χ3v) is 1.46. The van der Waals surface area contributed by atoms with Crippen LogP contribution in [0.3, 0.4) is 0 Å². The summed E-state index contributed by atoms with van der Waals surface area (Å²) in [5.41, 5.74) is 1.64. The fraction of sp³-hybridized carbons (Fsp3) is 0.222. The van der Waals surface area contributed by atoms with E-state index in [4.69, 9.17) is 5.26 Å². The highest BCUT2D eigenvalue weighted by atomic mass is 15.0. The Labute approximate surface area is 72.0 Å². The number of hydrogen-bond acceptors (Lipinski definition) is 3. The molecule has 0 amide bonds. The maximum absolute atomic E-state index is 8.59. The molecular weight excluding hydrogens is 150 g/mol. The van der Waals surface area contributed by atoms with Gasteiger partial charge in [-0.15, -0.1) is 0 Å². The second kappa shape index (κ2) is 4.37. The number of nitrogens with one attached hydrogen (secondary N) is 2. The Balaban J connectivity index is 2.68. The van der Waals surface area contributed by atoms with Crippen LogP contribution in [0.15, 0.2) is 24.3 Å². The second-order valence-corrected chi connectivity index (χ2v) is 2.40. The van der Waals surface area contributed by atoms with Crippen molar-refractivity contribution in [2.24, 2.45) is 0 Å². The van der Waals surface area contributed by atoms with E-state index in [1.165, 1.54) is 0 Å². The van der Waals surface area contributed by atoms with Crippen molar-refractivity contribution in [3.05, 3.63) is 29.8 Å². The van der Waals surface area contributed by atoms with Crippen molar-refractivity contribution in [2.75, 3.05) is 19.0 Å². The predicted octanol–water partition coefficient (Wildman–Crippen LogP) is 1.15. The van der Waals surface area contributed by atoms with Gasteiger partial charge in [-0.05, 0) is 25.2 Å². The van der Waals surface area contributed by atoms with E-state index in [1.807, 2.05) is 25.2 Å². The third kappa shape index (κ3) is 2.26. The molecule has 0 aliphatic carbocycles. The number of rotatable bonds is 3. The Morgan fingerprint density at radius 1 is 1.50 bits per heavy atom. The first kappa shape index (κ1) is 8.57. The molecule has 0 saturated carbocycles. The molecule has 0 aliphatic rings. The summed E-state index contributed by atoms with van der Waals surface area (Å²) in [5, 5.41) is 14.7. The first-order chi connectivity index (χ1) is 5.86. The quantitative estimate of drug-likeness (QED) is 0.654. The van der Waals surface area contributed by atoms with Gasteiger partial charge in [0.2, 0.25) is 0 Å². The van der Waals surface area contributed by atoms with Crippen LogP contribution in [0.1, 0.15) is 5.56 Å². The number of nitriles is 1. The smallest absolute Gasteiger partial charge is 0.0992 e. The fourth-order valence-corrected chi connectivity index (χ4v) is 0.889. The lowest BCUT2D eigenvalue weighted by molar-refractivity contribution is 0.874. The van der Waals surface area contributed by atoms with Crippen LogP contribution in [-0.2, 0) is 0 Å². The minimum atomic E-state index is 0.677. The van der Waals surface area contributed by atoms with Crippen molar-refractivity contribution in [2.45, 2.75) is 0 Å². The van der Waals surface area contributed by atoms with Crippen LogP contribution >= 0.6 is 0 Å². The molecule has 0 unspecified atom stereocenters. The molecule has 0 atom stereocenters. The van der Waals surface area contributed by atoms with Crippen LogP contribution in [0.4, 0.5) is 5.69 Å². The largest absolute Gasteiger partial charge is 0.372 e. The zero-order chi connectivity index (χ0) is 8.81. The summed E-state index contributed by atoms with van der Waals surface area (Å²) in [4.78, 5) is 0. The Kier molecular flexibility index (Phi) is 3.12. The molecule has 1 rings (SSSR count). The van der Waals surface area contributed by atoms with Gasteiger partial charge in [0.25, 0.3) is 0 Å². The highest BCUT2D eigenvalue weighted by molar-refractivity contribution is 5.48. The van der Waals surface area contributed by atoms with E-state index in [2.05, 4.69) is 16.7 Å². The number of hydrogen-bond donors (Lipinski definition) is 2. The van der Waals surface area contributed by atoms with E-state index in [0.29, 0.717) is 12.2 Å². The number of nitrogens with zero attached hydrogens (tertiary/aromatic N) is 1. The summed E-state index contributed by atoms with van der Waals surface area (Å²) in [5.74, 6) is 0. The monoisotopic (exact) mass is 161 g/mol. The van der Waals surface area contributed by atoms with E-state index < -0.39 is 0 Å². The molecular formula is C9H11N3. The van der Waals surface area contributed by atoms with Crippen LogP contribution < -0.4 is 10.6 Å². The van der Waals surface area contributed by atoms with E-state index in [0.717, 1.165) is 5.69 Å². The Morgan fingerprint density at radius 3 is 3.00 bits per heavy atom. The van der Waals surface area contributed by atoms with Gasteiger partial charge in [-0.25, -0.2) is 0 Å². The summed E-state index contributed by atoms with van der Waals surface area (Å²) in [6.07, 6.45) is 0. The van der Waals surface area contributed by atoms with Crippen molar-refractivity contribution in [1.29, 1.82) is 5.26 Å². The molecule has 62 valence electrons. The van der Waals surface area contributed by atoms with E-state index >= 15 is 0 Å². The first-order valence-corrected chi connectivity index (χ1v) is 3.75. The lowest BCUT2D eigenvalue weighted by atomic mass is 10.2. The van der Waals surface area contributed by atoms with Gasteiger partial charge in [0.15, 0.2) is 0 Å². The van der Waals surface area contributed by atoms with Gasteiger partial charge in [0.1, 0.15) is 0 Å². The van der Waals surface area contributed by atoms with Crippen molar-refractivity contribution in [3.63, 3.8) is 0 Å². The predicted molar refractivity (Wildman–Crippen MR) is 48.7 cm³/mol. The van der Waals surface area contributed by atoms with Crippen LogP contribution in [0, 0.1) is 11.3 Å². The van der Waals surface area contributed by atoms with Gasteiger partial charge in [0.05, 0.1) is 18.3 Å². The van der Waals surface area contributed by atoms with Gasteiger partial charge in [-0.1, -0.05) is 6.07 Å². The van der Waals surface area contributed by atoms with E-state index in [-0.39, 0.29) is 0 Å². The Bertz CT molecular complexity index is 288. The van der Waals surface area contributed by atoms with Crippen molar-refractivity contribution in [1.82, 2.24) is 5.32 Å². The normalized spacial score (nSPS) is 9.00. The van der Waals surface area contributed by atoms with Crippen LogP contribution in [0.25, 0.3) is 0 Å². The van der Waals surface area contributed by atoms with Crippen LogP contribution in [0.2, 0.25) is 0 Å². The van der Waals surface area contributed by atoms with Crippen molar-refractivity contribution < 1.29 is 0 Å². The standard InChI is InChI=1S/C9H11N3/c1-11-7-12-9-4-2-3-8(5-9)6-10/h2-5,11-12H,7H2,1H3. The molecule has 3 nitrogen and oxygen atoms in total. The summed E-state index contributed by atoms with van der Waals surface area (Å²) in [6.45, 7) is 0.703. The second-order valence-electron chi connectivity index (χ2n) is 2.40. The van der Waals surface area contributed by atoms with Gasteiger partial charge >= 0.3 is 0 Å². The SMILES string of the molecule is CNCNc1cccc(C#N)c1. The Morgan fingerprint density at radius 2 is 2.33 bits per heavy atom. The zero-order valence-electron chi connectivity index (χ0n) is 6.96. The van der Waals surface area contributed by atoms with E-state index in [9.17, 15) is 0 Å². The maximum Gasteiger partial charge on any atom is 0.0992 e. The molecule has 0 bridgehead atoms. The van der Waals surface area contributed by atoms with Crippen molar-refractivity contribution >= 4 is 5.69 Å². The molecule has 2 N–H and O–H groups in total. The maximum atomic E-state index is 8.59. The summed E-state index contributed by atoms with van der Waals surface area (Å²) in [7, 11) is 1.86. The molecule has 0 aromatic heterocycles. The van der Waals surface area contributed by atoms with Crippen LogP contribution in [-0.4, -0.2) is 13.7 Å². The molecule has 0 fully saturated rings. The summed E-state index contributed by atoms with van der Waals surface area (Å²) >= 11 is 0.